The summed E-state index contributed by atoms with van der Waals surface area (Å²) < 4.78 is 8.17. The zero-order valence-electron chi connectivity index (χ0n) is 11.1. The van der Waals surface area contributed by atoms with E-state index < -0.39 is 5.97 Å². The van der Waals surface area contributed by atoms with Crippen molar-refractivity contribution >= 4 is 27.4 Å². The van der Waals surface area contributed by atoms with E-state index in [1.165, 1.54) is 0 Å². The maximum Gasteiger partial charge on any atom is 0.352 e. The Kier molecular flexibility index (Phi) is 2.99. The van der Waals surface area contributed by atoms with Crippen molar-refractivity contribution in [2.45, 2.75) is 0 Å². The van der Waals surface area contributed by atoms with Crippen molar-refractivity contribution in [3.8, 4) is 16.3 Å². The summed E-state index contributed by atoms with van der Waals surface area (Å²) in [6.07, 6.45) is 0. The van der Waals surface area contributed by atoms with Gasteiger partial charge in [0.05, 0.1) is 17.7 Å². The summed E-state index contributed by atoms with van der Waals surface area (Å²) in [4.78, 5) is 12.1. The van der Waals surface area contributed by atoms with Crippen molar-refractivity contribution in [2.75, 3.05) is 7.11 Å². The van der Waals surface area contributed by atoms with Gasteiger partial charge < -0.3 is 14.4 Å². The highest BCUT2D eigenvalue weighted by Gasteiger charge is 2.15. The lowest BCUT2D eigenvalue weighted by Gasteiger charge is -2.02. The Balaban J connectivity index is 2.18. The molecular weight excluding hydrogens is 274 g/mol. The van der Waals surface area contributed by atoms with Crippen molar-refractivity contribution in [3.63, 3.8) is 0 Å². The van der Waals surface area contributed by atoms with E-state index in [4.69, 9.17) is 9.84 Å². The zero-order valence-corrected chi connectivity index (χ0v) is 11.9. The third-order valence-electron chi connectivity index (χ3n) is 3.33. The molecule has 3 aromatic rings. The number of benzene rings is 1. The number of hydrogen-bond donors (Lipinski definition) is 1. The van der Waals surface area contributed by atoms with Gasteiger partial charge in [0, 0.05) is 17.1 Å². The molecule has 0 atom stereocenters. The molecule has 0 aliphatic rings. The van der Waals surface area contributed by atoms with Gasteiger partial charge in [-0.25, -0.2) is 4.79 Å². The van der Waals surface area contributed by atoms with Crippen LogP contribution < -0.4 is 4.74 Å². The number of carboxylic acids is 1. The van der Waals surface area contributed by atoms with Gasteiger partial charge in [-0.1, -0.05) is 6.07 Å². The van der Waals surface area contributed by atoms with Gasteiger partial charge in [-0.3, -0.25) is 0 Å². The van der Waals surface area contributed by atoms with E-state index in [-0.39, 0.29) is 5.69 Å². The molecule has 0 saturated heterocycles. The predicted octanol–water partition coefficient (Wildman–Crippen LogP) is 3.61. The summed E-state index contributed by atoms with van der Waals surface area (Å²) in [5.41, 5.74) is 1.18. The Bertz CT molecular complexity index is 801. The number of ether oxygens (including phenoxy) is 1. The minimum Gasteiger partial charge on any atom is -0.496 e. The van der Waals surface area contributed by atoms with E-state index in [0.29, 0.717) is 0 Å². The Hall–Kier alpha value is -2.27. The van der Waals surface area contributed by atoms with Crippen molar-refractivity contribution in [1.29, 1.82) is 0 Å². The van der Waals surface area contributed by atoms with Crippen LogP contribution in [-0.2, 0) is 7.05 Å². The standard InChI is InChI=1S/C15H13NO3S/c1-16-10(6-7-11(16)15(17)18)14-8-9-12(19-2)4-3-5-13(9)20-14/h3-8H,1-2H3,(H,17,18). The van der Waals surface area contributed by atoms with E-state index in [1.54, 1.807) is 36.1 Å². The molecule has 2 heterocycles. The zero-order chi connectivity index (χ0) is 14.3. The Morgan fingerprint density at radius 2 is 2.10 bits per heavy atom. The third-order valence-corrected chi connectivity index (χ3v) is 4.46. The van der Waals surface area contributed by atoms with Crippen LogP contribution in [0, 0.1) is 0 Å². The summed E-state index contributed by atoms with van der Waals surface area (Å²) in [6, 6.07) is 11.4. The number of rotatable bonds is 3. The first kappa shape index (κ1) is 12.7. The molecule has 0 spiro atoms. The molecule has 102 valence electrons. The van der Waals surface area contributed by atoms with E-state index in [0.717, 1.165) is 26.4 Å². The van der Waals surface area contributed by atoms with Crippen LogP contribution in [0.4, 0.5) is 0 Å². The fraction of sp³-hybridized carbons (Fsp3) is 0.133. The van der Waals surface area contributed by atoms with Gasteiger partial charge in [0.1, 0.15) is 11.4 Å². The topological polar surface area (TPSA) is 51.5 Å². The van der Waals surface area contributed by atoms with Crippen molar-refractivity contribution < 1.29 is 14.6 Å². The fourth-order valence-corrected chi connectivity index (χ4v) is 3.45. The molecule has 20 heavy (non-hydrogen) atoms. The summed E-state index contributed by atoms with van der Waals surface area (Å²) >= 11 is 1.63. The second kappa shape index (κ2) is 4.68. The molecule has 0 aliphatic heterocycles. The molecule has 0 bridgehead atoms. The number of carbonyl (C=O) groups is 1. The van der Waals surface area contributed by atoms with E-state index in [1.807, 2.05) is 30.3 Å². The number of methoxy groups -OCH3 is 1. The van der Waals surface area contributed by atoms with Crippen LogP contribution in [0.2, 0.25) is 0 Å². The largest absolute Gasteiger partial charge is 0.496 e. The minimum absolute atomic E-state index is 0.282. The highest BCUT2D eigenvalue weighted by Crippen LogP contribution is 2.38. The maximum absolute atomic E-state index is 11.1. The van der Waals surface area contributed by atoms with Crippen molar-refractivity contribution in [2.24, 2.45) is 7.05 Å². The van der Waals surface area contributed by atoms with Gasteiger partial charge in [-0.2, -0.15) is 0 Å². The summed E-state index contributed by atoms with van der Waals surface area (Å²) in [5, 5.41) is 10.2. The summed E-state index contributed by atoms with van der Waals surface area (Å²) in [5.74, 6) is -0.0879. The van der Waals surface area contributed by atoms with Crippen LogP contribution in [0.1, 0.15) is 10.5 Å². The Labute approximate surface area is 119 Å². The molecule has 0 saturated carbocycles. The molecule has 1 aromatic carbocycles. The van der Waals surface area contributed by atoms with E-state index in [2.05, 4.69) is 0 Å². The average molecular weight is 287 g/mol. The van der Waals surface area contributed by atoms with Gasteiger partial charge in [0.25, 0.3) is 0 Å². The fourth-order valence-electron chi connectivity index (χ4n) is 2.31. The molecule has 0 radical (unpaired) electrons. The molecule has 0 unspecified atom stereocenters. The highest BCUT2D eigenvalue weighted by atomic mass is 32.1. The van der Waals surface area contributed by atoms with Crippen LogP contribution in [0.15, 0.2) is 36.4 Å². The number of hydrogen-bond acceptors (Lipinski definition) is 3. The Morgan fingerprint density at radius 1 is 1.30 bits per heavy atom. The van der Waals surface area contributed by atoms with Crippen LogP contribution in [-0.4, -0.2) is 22.8 Å². The third kappa shape index (κ3) is 1.87. The molecule has 0 amide bonds. The first-order valence-corrected chi connectivity index (χ1v) is 6.89. The number of aromatic carboxylic acids is 1. The second-order valence-electron chi connectivity index (χ2n) is 4.45. The van der Waals surface area contributed by atoms with E-state index in [9.17, 15) is 4.79 Å². The second-order valence-corrected chi connectivity index (χ2v) is 5.53. The van der Waals surface area contributed by atoms with Crippen LogP contribution in [0.3, 0.4) is 0 Å². The number of fused-ring (bicyclic) bond motifs is 1. The normalized spacial score (nSPS) is 10.9. The first-order chi connectivity index (χ1) is 9.61. The van der Waals surface area contributed by atoms with Crippen LogP contribution >= 0.6 is 11.3 Å². The number of nitrogens with zero attached hydrogens (tertiary/aromatic N) is 1. The maximum atomic E-state index is 11.1. The van der Waals surface area contributed by atoms with Crippen molar-refractivity contribution in [1.82, 2.24) is 4.57 Å². The number of thiophene rings is 1. The van der Waals surface area contributed by atoms with Crippen molar-refractivity contribution in [3.05, 3.63) is 42.1 Å². The lowest BCUT2D eigenvalue weighted by atomic mass is 10.2. The first-order valence-electron chi connectivity index (χ1n) is 6.07. The lowest BCUT2D eigenvalue weighted by molar-refractivity contribution is 0.0687. The Morgan fingerprint density at radius 3 is 2.75 bits per heavy atom. The average Bonchev–Trinajstić information content (AvgIpc) is 3.00. The van der Waals surface area contributed by atoms with Gasteiger partial charge in [-0.15, -0.1) is 11.3 Å². The minimum atomic E-state index is -0.919. The monoisotopic (exact) mass is 287 g/mol. The quantitative estimate of drug-likeness (QED) is 0.800. The molecule has 0 fully saturated rings. The summed E-state index contributed by atoms with van der Waals surface area (Å²) in [7, 11) is 3.41. The summed E-state index contributed by atoms with van der Waals surface area (Å²) in [6.45, 7) is 0. The number of aromatic nitrogens is 1. The van der Waals surface area contributed by atoms with E-state index >= 15 is 0 Å². The van der Waals surface area contributed by atoms with Gasteiger partial charge in [0.2, 0.25) is 0 Å². The van der Waals surface area contributed by atoms with Gasteiger partial charge in [0.15, 0.2) is 0 Å². The van der Waals surface area contributed by atoms with Crippen LogP contribution in [0.5, 0.6) is 5.75 Å². The highest BCUT2D eigenvalue weighted by molar-refractivity contribution is 7.22. The lowest BCUT2D eigenvalue weighted by Crippen LogP contribution is -2.04. The predicted molar refractivity (Wildman–Crippen MR) is 79.7 cm³/mol. The molecule has 2 aromatic heterocycles. The molecule has 1 N–H and O–H groups in total. The molecule has 0 aliphatic carbocycles. The molecule has 3 rings (SSSR count). The van der Waals surface area contributed by atoms with Crippen LogP contribution in [0.25, 0.3) is 20.7 Å². The smallest absolute Gasteiger partial charge is 0.352 e. The molecule has 5 heteroatoms. The van der Waals surface area contributed by atoms with Gasteiger partial charge >= 0.3 is 5.97 Å². The molecule has 4 nitrogen and oxygen atoms in total. The van der Waals surface area contributed by atoms with Gasteiger partial charge in [-0.05, 0) is 30.3 Å². The molecular formula is C15H13NO3S. The SMILES string of the molecule is COc1cccc2sc(-c3ccc(C(=O)O)n3C)cc12. The number of carboxylic acid groups (broad SMARTS) is 1.